The molecule has 3 amide bonds. The number of para-hydroxylation sites is 2. The second-order valence-electron chi connectivity index (χ2n) is 10.8. The molecule has 1 aliphatic heterocycles. The number of amides is 3. The molecule has 3 N–H and O–H groups in total. The molecule has 0 fully saturated rings. The number of nitrogens with one attached hydrogen (secondary N) is 2. The van der Waals surface area contributed by atoms with Crippen molar-refractivity contribution in [2.24, 2.45) is 0 Å². The van der Waals surface area contributed by atoms with Gasteiger partial charge in [0.1, 0.15) is 11.8 Å². The average Bonchev–Trinajstić information content (AvgIpc) is 3.15. The molecule has 1 heterocycles. The maximum atomic E-state index is 14.5. The molecule has 9 nitrogen and oxygen atoms in total. The normalized spacial score (nSPS) is 16.2. The molecule has 0 aromatic heterocycles. The first-order valence-corrected chi connectivity index (χ1v) is 15.2. The van der Waals surface area contributed by atoms with Gasteiger partial charge in [-0.2, -0.15) is 0 Å². The molecule has 3 atom stereocenters. The van der Waals surface area contributed by atoms with Crippen molar-refractivity contribution in [1.82, 2.24) is 10.6 Å². The van der Waals surface area contributed by atoms with Crippen molar-refractivity contribution < 1.29 is 24.2 Å². The van der Waals surface area contributed by atoms with E-state index in [2.05, 4.69) is 26.6 Å². The highest BCUT2D eigenvalue weighted by molar-refractivity contribution is 9.10. The summed E-state index contributed by atoms with van der Waals surface area (Å²) < 4.78 is 6.67. The molecule has 44 heavy (non-hydrogen) atoms. The Bertz CT molecular complexity index is 1710. The van der Waals surface area contributed by atoms with Crippen LogP contribution in [0.4, 0.5) is 11.4 Å². The molecule has 0 bridgehead atoms. The summed E-state index contributed by atoms with van der Waals surface area (Å²) in [5, 5.41) is 17.6. The van der Waals surface area contributed by atoms with Crippen molar-refractivity contribution in [2.75, 3.05) is 30.5 Å². The van der Waals surface area contributed by atoms with E-state index >= 15 is 0 Å². The van der Waals surface area contributed by atoms with Crippen LogP contribution in [0.3, 0.4) is 0 Å². The van der Waals surface area contributed by atoms with Crippen LogP contribution >= 0.6 is 15.9 Å². The zero-order valence-corrected chi connectivity index (χ0v) is 26.6. The summed E-state index contributed by atoms with van der Waals surface area (Å²) in [6.45, 7) is 3.41. The van der Waals surface area contributed by atoms with Crippen LogP contribution in [0.5, 0.6) is 5.75 Å². The molecule has 1 aliphatic rings. The number of aliphatic hydroxyl groups is 1. The second kappa shape index (κ2) is 13.2. The molecule has 0 saturated heterocycles. The summed E-state index contributed by atoms with van der Waals surface area (Å²) in [5.74, 6) is -0.447. The first-order valence-electron chi connectivity index (χ1n) is 14.4. The fraction of sp³-hybridized carbons (Fsp3) is 0.265. The van der Waals surface area contributed by atoms with Crippen molar-refractivity contribution >= 4 is 55.8 Å². The van der Waals surface area contributed by atoms with Gasteiger partial charge in [0.15, 0.2) is 0 Å². The maximum Gasteiger partial charge on any atom is 0.258 e. The van der Waals surface area contributed by atoms with Crippen molar-refractivity contribution in [3.63, 3.8) is 0 Å². The number of halogens is 1. The first kappa shape index (κ1) is 31.2. The predicted molar refractivity (Wildman–Crippen MR) is 175 cm³/mol. The van der Waals surface area contributed by atoms with E-state index in [0.717, 1.165) is 20.8 Å². The number of methoxy groups -OCH3 is 1. The Kier molecular flexibility index (Phi) is 9.33. The Hall–Kier alpha value is -4.25. The maximum absolute atomic E-state index is 14.5. The molecule has 0 radical (unpaired) electrons. The largest absolute Gasteiger partial charge is 0.496 e. The van der Waals surface area contributed by atoms with Crippen LogP contribution in [-0.4, -0.2) is 55.6 Å². The van der Waals surface area contributed by atoms with Crippen LogP contribution in [0.2, 0.25) is 0 Å². The number of aliphatic hydroxyl groups excluding tert-OH is 1. The molecule has 2 unspecified atom stereocenters. The van der Waals surface area contributed by atoms with Gasteiger partial charge in [-0.3, -0.25) is 14.4 Å². The number of hydrogen-bond donors (Lipinski definition) is 3. The number of ether oxygens (including phenoxy) is 1. The summed E-state index contributed by atoms with van der Waals surface area (Å²) in [6.07, 6.45) is -0.676. The van der Waals surface area contributed by atoms with Gasteiger partial charge in [-0.25, -0.2) is 0 Å². The van der Waals surface area contributed by atoms with Crippen LogP contribution in [0, 0.1) is 0 Å². The first-order chi connectivity index (χ1) is 21.1. The van der Waals surface area contributed by atoms with Crippen LogP contribution in [-0.2, 0) is 16.1 Å². The molecule has 0 aliphatic carbocycles. The molecule has 0 spiro atoms. The number of hydrogen-bond acceptors (Lipinski definition) is 6. The zero-order chi connectivity index (χ0) is 31.5. The number of carbonyl (C=O) groups excluding carboxylic acids is 3. The summed E-state index contributed by atoms with van der Waals surface area (Å²) >= 11 is 3.64. The molecule has 228 valence electrons. The second-order valence-corrected chi connectivity index (χ2v) is 11.6. The van der Waals surface area contributed by atoms with Gasteiger partial charge in [0.2, 0.25) is 5.91 Å². The van der Waals surface area contributed by atoms with Gasteiger partial charge in [-0.1, -0.05) is 52.3 Å². The topological polar surface area (TPSA) is 111 Å². The lowest BCUT2D eigenvalue weighted by molar-refractivity contribution is -0.128. The van der Waals surface area contributed by atoms with E-state index in [1.807, 2.05) is 42.5 Å². The van der Waals surface area contributed by atoms with E-state index in [0.29, 0.717) is 28.3 Å². The SMILES string of the molecule is CN[C@@H](C)C(=O)NC1CN(C(=O)c2ccc(C(C)O)cc2)c2ccccc2N(Cc2c(OC)ccc3c(Br)cccc23)C1=O. The van der Waals surface area contributed by atoms with Crippen LogP contribution < -0.4 is 25.2 Å². The highest BCUT2D eigenvalue weighted by Gasteiger charge is 2.38. The number of carbonyl (C=O) groups is 3. The summed E-state index contributed by atoms with van der Waals surface area (Å²) in [5.41, 5.74) is 2.92. The Morgan fingerprint density at radius 2 is 1.68 bits per heavy atom. The monoisotopic (exact) mass is 658 g/mol. The highest BCUT2D eigenvalue weighted by atomic mass is 79.9. The minimum absolute atomic E-state index is 0.0796. The molecule has 5 rings (SSSR count). The van der Waals surface area contributed by atoms with E-state index < -0.39 is 18.2 Å². The summed E-state index contributed by atoms with van der Waals surface area (Å²) in [7, 11) is 3.26. The number of benzene rings is 4. The third-order valence-electron chi connectivity index (χ3n) is 8.03. The van der Waals surface area contributed by atoms with Crippen LogP contribution in [0.15, 0.2) is 83.3 Å². The van der Waals surface area contributed by atoms with E-state index in [4.69, 9.17) is 4.74 Å². The lowest BCUT2D eigenvalue weighted by Crippen LogP contribution is -2.55. The fourth-order valence-corrected chi connectivity index (χ4v) is 5.91. The van der Waals surface area contributed by atoms with Gasteiger partial charge >= 0.3 is 0 Å². The number of anilines is 2. The molecule has 4 aromatic carbocycles. The Morgan fingerprint density at radius 1 is 0.977 bits per heavy atom. The smallest absolute Gasteiger partial charge is 0.258 e. The Morgan fingerprint density at radius 3 is 2.34 bits per heavy atom. The number of rotatable bonds is 8. The molecule has 10 heteroatoms. The molecular formula is C34H35BrN4O5. The minimum atomic E-state index is -1.04. The van der Waals surface area contributed by atoms with Crippen LogP contribution in [0.25, 0.3) is 10.8 Å². The number of likely N-dealkylation sites (N-methyl/N-ethyl adjacent to an activating group) is 1. The zero-order valence-electron chi connectivity index (χ0n) is 25.0. The standard InChI is InChI=1S/C34H35BrN4O5/c1-20(36-3)32(41)37-28-19-39(33(42)23-14-12-22(13-15-23)21(2)40)30-11-6-5-10-29(30)38(34(28)43)18-26-24-8-7-9-27(35)25(24)16-17-31(26)44-4/h5-17,20-21,28,36,40H,18-19H2,1-4H3,(H,37,41)/t20-,21?,28?/m0/s1. The number of nitrogens with zero attached hydrogens (tertiary/aromatic N) is 2. The lowest BCUT2D eigenvalue weighted by Gasteiger charge is -2.27. The van der Waals surface area contributed by atoms with Gasteiger partial charge in [-0.15, -0.1) is 0 Å². The van der Waals surface area contributed by atoms with Crippen molar-refractivity contribution in [3.05, 3.63) is 100 Å². The van der Waals surface area contributed by atoms with Crippen LogP contribution in [0.1, 0.15) is 41.4 Å². The Labute approximate surface area is 264 Å². The average molecular weight is 660 g/mol. The van der Waals surface area contributed by atoms with E-state index in [1.54, 1.807) is 69.3 Å². The quantitative estimate of drug-likeness (QED) is 0.247. The third-order valence-corrected chi connectivity index (χ3v) is 8.73. The summed E-state index contributed by atoms with van der Waals surface area (Å²) in [6, 6.07) is 22.1. The van der Waals surface area contributed by atoms with Crippen molar-refractivity contribution in [3.8, 4) is 5.75 Å². The highest BCUT2D eigenvalue weighted by Crippen LogP contribution is 2.38. The third kappa shape index (κ3) is 6.06. The van der Waals surface area contributed by atoms with Gasteiger partial charge in [0, 0.05) is 15.6 Å². The van der Waals surface area contributed by atoms with E-state index in [-0.39, 0.29) is 30.8 Å². The lowest BCUT2D eigenvalue weighted by atomic mass is 10.0. The fourth-order valence-electron chi connectivity index (χ4n) is 5.41. The summed E-state index contributed by atoms with van der Waals surface area (Å²) in [4.78, 5) is 44.8. The number of fused-ring (bicyclic) bond motifs is 2. The van der Waals surface area contributed by atoms with E-state index in [9.17, 15) is 19.5 Å². The van der Waals surface area contributed by atoms with Gasteiger partial charge in [0.05, 0.1) is 43.7 Å². The van der Waals surface area contributed by atoms with Gasteiger partial charge in [-0.05, 0) is 79.7 Å². The Balaban J connectivity index is 1.64. The molecule has 0 saturated carbocycles. The van der Waals surface area contributed by atoms with Gasteiger partial charge in [0.25, 0.3) is 11.8 Å². The predicted octanol–water partition coefficient (Wildman–Crippen LogP) is 4.95. The molecule has 4 aromatic rings. The molecular weight excluding hydrogens is 624 g/mol. The minimum Gasteiger partial charge on any atom is -0.496 e. The van der Waals surface area contributed by atoms with Crippen molar-refractivity contribution in [2.45, 2.75) is 38.6 Å². The van der Waals surface area contributed by atoms with Crippen molar-refractivity contribution in [1.29, 1.82) is 0 Å². The van der Waals surface area contributed by atoms with Gasteiger partial charge < -0.3 is 30.3 Å². The van der Waals surface area contributed by atoms with E-state index in [1.165, 1.54) is 4.90 Å².